The van der Waals surface area contributed by atoms with Gasteiger partial charge in [0.15, 0.2) is 0 Å². The summed E-state index contributed by atoms with van der Waals surface area (Å²) >= 11 is 0. The summed E-state index contributed by atoms with van der Waals surface area (Å²) in [6.45, 7) is 0. The van der Waals surface area contributed by atoms with Gasteiger partial charge in [-0.3, -0.25) is 14.1 Å². The van der Waals surface area contributed by atoms with Crippen LogP contribution in [0.1, 0.15) is 22.3 Å². The normalized spacial score (nSPS) is 10.0. The van der Waals surface area contributed by atoms with Gasteiger partial charge in [0.1, 0.15) is 11.1 Å². The van der Waals surface area contributed by atoms with Crippen LogP contribution in [0.2, 0.25) is 0 Å². The van der Waals surface area contributed by atoms with E-state index in [1.807, 2.05) is 60.7 Å². The molecule has 0 saturated carbocycles. The second kappa shape index (κ2) is 6.47. The van der Waals surface area contributed by atoms with Crippen LogP contribution in [-0.2, 0) is 0 Å². The predicted octanol–water partition coefficient (Wildman–Crippen LogP) is 2.00. The molecule has 0 bridgehead atoms. The van der Waals surface area contributed by atoms with Crippen molar-refractivity contribution in [1.82, 2.24) is 9.03 Å². The molecule has 4 heteroatoms. The Morgan fingerprint density at radius 2 is 1.00 bits per heavy atom. The molecule has 4 aromatic rings. The highest BCUT2D eigenvalue weighted by Crippen LogP contribution is 1.99. The first-order valence-electron chi connectivity index (χ1n) is 7.97. The highest BCUT2D eigenvalue weighted by atomic mass is 16.2. The molecule has 0 aliphatic carbocycles. The Morgan fingerprint density at radius 3 is 1.38 bits per heavy atom. The third-order valence-corrected chi connectivity index (χ3v) is 3.83. The molecule has 0 unspecified atom stereocenters. The smallest absolute Gasteiger partial charge is 0.266 e. The van der Waals surface area contributed by atoms with Crippen LogP contribution in [0.4, 0.5) is 0 Å². The highest BCUT2D eigenvalue weighted by Gasteiger charge is 2.12. The maximum absolute atomic E-state index is 12.4. The third-order valence-electron chi connectivity index (χ3n) is 3.83. The van der Waals surface area contributed by atoms with Crippen molar-refractivity contribution in [3.63, 3.8) is 0 Å². The molecule has 0 fully saturated rings. The molecule has 0 radical (unpaired) electrons. The Labute approximate surface area is 149 Å². The van der Waals surface area contributed by atoms with E-state index in [0.29, 0.717) is 0 Å². The lowest BCUT2D eigenvalue weighted by Crippen LogP contribution is -2.23. The van der Waals surface area contributed by atoms with E-state index in [9.17, 15) is 9.59 Å². The van der Waals surface area contributed by atoms with Crippen molar-refractivity contribution in [1.29, 1.82) is 0 Å². The summed E-state index contributed by atoms with van der Waals surface area (Å²) in [5, 5.41) is 0. The summed E-state index contributed by atoms with van der Waals surface area (Å²) in [5.74, 6) is 11.5. The zero-order chi connectivity index (χ0) is 17.9. The fourth-order valence-electron chi connectivity index (χ4n) is 2.55. The Hall–Kier alpha value is -4.02. The van der Waals surface area contributed by atoms with Crippen molar-refractivity contribution >= 4 is 0 Å². The molecule has 2 aromatic heterocycles. The maximum Gasteiger partial charge on any atom is 0.290 e. The average molecular weight is 336 g/mol. The molecule has 0 N–H and O–H groups in total. The summed E-state index contributed by atoms with van der Waals surface area (Å²) in [6.07, 6.45) is 3.10. The van der Waals surface area contributed by atoms with E-state index < -0.39 is 11.1 Å². The quantitative estimate of drug-likeness (QED) is 0.461. The van der Waals surface area contributed by atoms with Gasteiger partial charge in [0, 0.05) is 23.5 Å². The zero-order valence-electron chi connectivity index (χ0n) is 13.6. The molecule has 122 valence electrons. The number of nitrogens with zero attached hydrogens (tertiary/aromatic N) is 2. The van der Waals surface area contributed by atoms with Crippen molar-refractivity contribution in [2.24, 2.45) is 0 Å². The molecule has 0 atom stereocenters. The van der Waals surface area contributed by atoms with E-state index in [4.69, 9.17) is 0 Å². The molecule has 0 spiro atoms. The van der Waals surface area contributed by atoms with E-state index >= 15 is 0 Å². The molecular formula is C22H12N2O2. The van der Waals surface area contributed by atoms with Gasteiger partial charge in [-0.15, -0.1) is 0 Å². The number of hydrogen-bond donors (Lipinski definition) is 0. The molecule has 4 rings (SSSR count). The van der Waals surface area contributed by atoms with Crippen LogP contribution in [0.25, 0.3) is 0 Å². The second-order valence-electron chi connectivity index (χ2n) is 5.62. The SMILES string of the molecule is O=c1c(C#Cc2ccccc2)cn2cc(C#Cc3ccccc3)c(=O)n12. The first kappa shape index (κ1) is 15.5. The minimum atomic E-state index is -0.439. The summed E-state index contributed by atoms with van der Waals surface area (Å²) in [4.78, 5) is 24.9. The molecule has 2 heterocycles. The lowest BCUT2D eigenvalue weighted by atomic mass is 10.2. The van der Waals surface area contributed by atoms with Gasteiger partial charge in [0.25, 0.3) is 11.1 Å². The number of fused-ring (bicyclic) bond motifs is 1. The summed E-state index contributed by atoms with van der Waals surface area (Å²) in [6, 6.07) is 18.7. The van der Waals surface area contributed by atoms with Crippen molar-refractivity contribution in [2.75, 3.05) is 0 Å². The van der Waals surface area contributed by atoms with Crippen LogP contribution in [0.5, 0.6) is 0 Å². The monoisotopic (exact) mass is 336 g/mol. The van der Waals surface area contributed by atoms with Crippen LogP contribution >= 0.6 is 0 Å². The molecule has 0 amide bonds. The molecule has 26 heavy (non-hydrogen) atoms. The predicted molar refractivity (Wildman–Crippen MR) is 99.4 cm³/mol. The van der Waals surface area contributed by atoms with Gasteiger partial charge in [-0.05, 0) is 24.3 Å². The molecule has 0 aliphatic heterocycles. The van der Waals surface area contributed by atoms with Crippen LogP contribution in [0.3, 0.4) is 0 Å². The molecule has 0 saturated heterocycles. The van der Waals surface area contributed by atoms with Crippen molar-refractivity contribution in [3.05, 3.63) is 116 Å². The summed E-state index contributed by atoms with van der Waals surface area (Å²) in [5.41, 5.74) is 1.28. The Balaban J connectivity index is 1.73. The second-order valence-corrected chi connectivity index (χ2v) is 5.62. The van der Waals surface area contributed by atoms with Crippen LogP contribution in [-0.4, -0.2) is 9.03 Å². The Morgan fingerprint density at radius 1 is 0.577 bits per heavy atom. The van der Waals surface area contributed by atoms with Crippen LogP contribution in [0, 0.1) is 23.7 Å². The largest absolute Gasteiger partial charge is 0.290 e. The van der Waals surface area contributed by atoms with Gasteiger partial charge in [-0.25, -0.2) is 0 Å². The molecule has 2 aromatic carbocycles. The van der Waals surface area contributed by atoms with Gasteiger partial charge in [-0.1, -0.05) is 60.1 Å². The third kappa shape index (κ3) is 2.88. The first-order chi connectivity index (χ1) is 12.7. The van der Waals surface area contributed by atoms with E-state index in [1.54, 1.807) is 12.4 Å². The van der Waals surface area contributed by atoms with Crippen molar-refractivity contribution < 1.29 is 0 Å². The van der Waals surface area contributed by atoms with Gasteiger partial charge in [0.2, 0.25) is 0 Å². The Bertz CT molecular complexity index is 1210. The maximum atomic E-state index is 12.4. The van der Waals surface area contributed by atoms with Crippen LogP contribution < -0.4 is 11.1 Å². The average Bonchev–Trinajstić information content (AvgIpc) is 3.16. The van der Waals surface area contributed by atoms with Crippen LogP contribution in [0.15, 0.2) is 82.6 Å². The fourth-order valence-corrected chi connectivity index (χ4v) is 2.55. The fraction of sp³-hybridized carbons (Fsp3) is 0. The van der Waals surface area contributed by atoms with Gasteiger partial charge in [-0.2, -0.15) is 4.52 Å². The number of rotatable bonds is 0. The number of aromatic nitrogens is 2. The minimum Gasteiger partial charge on any atom is -0.266 e. The summed E-state index contributed by atoms with van der Waals surface area (Å²) in [7, 11) is 0. The molecule has 0 aliphatic rings. The van der Waals surface area contributed by atoms with Gasteiger partial charge in [0.05, 0.1) is 0 Å². The zero-order valence-corrected chi connectivity index (χ0v) is 13.6. The summed E-state index contributed by atoms with van der Waals surface area (Å²) < 4.78 is 2.48. The molecular weight excluding hydrogens is 324 g/mol. The van der Waals surface area contributed by atoms with Crippen molar-refractivity contribution in [2.45, 2.75) is 0 Å². The first-order valence-corrected chi connectivity index (χ1v) is 7.97. The van der Waals surface area contributed by atoms with Crippen molar-refractivity contribution in [3.8, 4) is 23.7 Å². The Kier molecular flexibility index (Phi) is 3.86. The number of hydrogen-bond acceptors (Lipinski definition) is 2. The molecule has 4 nitrogen and oxygen atoms in total. The standard InChI is InChI=1S/C22H12N2O2/c25-21-19(13-11-17-7-3-1-4-8-17)15-23-16-20(22(26)24(21)23)14-12-18-9-5-2-6-10-18/h1-10,15-16H. The lowest BCUT2D eigenvalue weighted by Gasteiger charge is -1.85. The topological polar surface area (TPSA) is 43.0 Å². The van der Waals surface area contributed by atoms with E-state index in [0.717, 1.165) is 15.6 Å². The highest BCUT2D eigenvalue weighted by molar-refractivity contribution is 5.43. The van der Waals surface area contributed by atoms with E-state index in [1.165, 1.54) is 4.52 Å². The van der Waals surface area contributed by atoms with Gasteiger partial charge >= 0.3 is 0 Å². The lowest BCUT2D eigenvalue weighted by molar-refractivity contribution is 0.805. The number of benzene rings is 2. The van der Waals surface area contributed by atoms with E-state index in [-0.39, 0.29) is 11.1 Å². The van der Waals surface area contributed by atoms with E-state index in [2.05, 4.69) is 23.7 Å². The van der Waals surface area contributed by atoms with Gasteiger partial charge < -0.3 is 0 Å². The minimum absolute atomic E-state index is 0.272.